The molecule has 0 aromatic heterocycles. The number of hydrogen-bond donors (Lipinski definition) is 1. The minimum atomic E-state index is -4.72. The van der Waals surface area contributed by atoms with Gasteiger partial charge in [-0.05, 0) is 30.9 Å². The van der Waals surface area contributed by atoms with Gasteiger partial charge in [-0.15, -0.1) is 13.2 Å². The highest BCUT2D eigenvalue weighted by Crippen LogP contribution is 2.51. The van der Waals surface area contributed by atoms with E-state index in [-0.39, 0.29) is 29.5 Å². The summed E-state index contributed by atoms with van der Waals surface area (Å²) in [6.45, 7) is 4.12. The van der Waals surface area contributed by atoms with Crippen LogP contribution in [0, 0.1) is 5.92 Å². The van der Waals surface area contributed by atoms with Crippen LogP contribution < -0.4 is 10.1 Å². The largest absolute Gasteiger partial charge is 0.573 e. The highest BCUT2D eigenvalue weighted by molar-refractivity contribution is 5.83. The Morgan fingerprint density at radius 3 is 2.78 bits per heavy atom. The van der Waals surface area contributed by atoms with Gasteiger partial charge in [-0.25, -0.2) is 0 Å². The van der Waals surface area contributed by atoms with Crippen LogP contribution in [0.15, 0.2) is 24.3 Å². The second-order valence-corrected chi connectivity index (χ2v) is 6.12. The number of carbonyl (C=O) groups is 1. The Morgan fingerprint density at radius 2 is 2.09 bits per heavy atom. The summed E-state index contributed by atoms with van der Waals surface area (Å²) in [6.07, 6.45) is -4.15. The number of piperazine rings is 1. The minimum Gasteiger partial charge on any atom is -0.405 e. The fraction of sp³-hybridized carbons (Fsp3) is 0.562. The first-order valence-electron chi connectivity index (χ1n) is 7.72. The normalized spacial score (nSPS) is 27.7. The molecule has 3 rings (SSSR count). The van der Waals surface area contributed by atoms with Gasteiger partial charge in [-0.1, -0.05) is 18.2 Å². The number of carbonyl (C=O) groups excluding carboxylic acids is 1. The van der Waals surface area contributed by atoms with E-state index in [1.165, 1.54) is 12.1 Å². The molecule has 1 aliphatic heterocycles. The summed E-state index contributed by atoms with van der Waals surface area (Å²) in [5, 5.41) is 3.22. The molecule has 23 heavy (non-hydrogen) atoms. The number of benzene rings is 1. The number of hydrogen-bond acceptors (Lipinski definition) is 3. The van der Waals surface area contributed by atoms with Gasteiger partial charge in [0, 0.05) is 31.6 Å². The van der Waals surface area contributed by atoms with Crippen molar-refractivity contribution in [2.24, 2.45) is 5.92 Å². The Kier molecular flexibility index (Phi) is 4.23. The molecule has 1 saturated heterocycles. The van der Waals surface area contributed by atoms with Crippen molar-refractivity contribution >= 4 is 5.91 Å². The minimum absolute atomic E-state index is 0.0332. The zero-order valence-corrected chi connectivity index (χ0v) is 12.8. The van der Waals surface area contributed by atoms with Crippen LogP contribution in [0.4, 0.5) is 13.2 Å². The molecule has 1 N–H and O–H groups in total. The van der Waals surface area contributed by atoms with Crippen molar-refractivity contribution in [1.29, 1.82) is 0 Å². The predicted octanol–water partition coefficient (Wildman–Crippen LogP) is 2.51. The van der Waals surface area contributed by atoms with E-state index in [1.807, 2.05) is 11.8 Å². The lowest BCUT2D eigenvalue weighted by Gasteiger charge is -2.34. The van der Waals surface area contributed by atoms with Crippen LogP contribution in [-0.2, 0) is 4.79 Å². The highest BCUT2D eigenvalue weighted by atomic mass is 19.4. The number of alkyl halides is 3. The number of nitrogens with zero attached hydrogens (tertiary/aromatic N) is 1. The fourth-order valence-corrected chi connectivity index (χ4v) is 3.20. The first-order chi connectivity index (χ1) is 10.9. The summed E-state index contributed by atoms with van der Waals surface area (Å²) in [7, 11) is 0. The van der Waals surface area contributed by atoms with Gasteiger partial charge >= 0.3 is 6.36 Å². The van der Waals surface area contributed by atoms with E-state index in [1.54, 1.807) is 12.1 Å². The van der Waals surface area contributed by atoms with Crippen LogP contribution >= 0.6 is 0 Å². The fourth-order valence-electron chi connectivity index (χ4n) is 3.20. The average molecular weight is 328 g/mol. The summed E-state index contributed by atoms with van der Waals surface area (Å²) >= 11 is 0. The highest BCUT2D eigenvalue weighted by Gasteiger charge is 2.48. The maximum atomic E-state index is 12.6. The predicted molar refractivity (Wildman–Crippen MR) is 78.0 cm³/mol. The van der Waals surface area contributed by atoms with Crippen molar-refractivity contribution < 1.29 is 22.7 Å². The van der Waals surface area contributed by atoms with Gasteiger partial charge in [0.2, 0.25) is 5.91 Å². The third kappa shape index (κ3) is 3.60. The second-order valence-electron chi connectivity index (χ2n) is 6.12. The van der Waals surface area contributed by atoms with Crippen LogP contribution in [0.25, 0.3) is 0 Å². The molecule has 1 saturated carbocycles. The Bertz CT molecular complexity index is 591. The van der Waals surface area contributed by atoms with E-state index in [0.29, 0.717) is 18.5 Å². The molecule has 3 atom stereocenters. The van der Waals surface area contributed by atoms with Gasteiger partial charge in [-0.3, -0.25) is 4.79 Å². The summed E-state index contributed by atoms with van der Waals surface area (Å²) in [4.78, 5) is 14.4. The van der Waals surface area contributed by atoms with Crippen LogP contribution in [0.3, 0.4) is 0 Å². The quantitative estimate of drug-likeness (QED) is 0.927. The summed E-state index contributed by atoms with van der Waals surface area (Å²) in [5.74, 6) is -0.601. The van der Waals surface area contributed by atoms with Crippen molar-refractivity contribution in [2.75, 3.05) is 19.6 Å². The van der Waals surface area contributed by atoms with Crippen molar-refractivity contribution in [3.63, 3.8) is 0 Å². The maximum Gasteiger partial charge on any atom is 0.573 e. The molecule has 1 aromatic carbocycles. The van der Waals surface area contributed by atoms with Gasteiger partial charge in [0.25, 0.3) is 0 Å². The zero-order chi connectivity index (χ0) is 16.6. The Balaban J connectivity index is 1.72. The number of halogens is 3. The van der Waals surface area contributed by atoms with E-state index in [2.05, 4.69) is 10.1 Å². The summed E-state index contributed by atoms with van der Waals surface area (Å²) in [5.41, 5.74) is 0.464. The van der Waals surface area contributed by atoms with Crippen molar-refractivity contribution in [1.82, 2.24) is 10.2 Å². The van der Waals surface area contributed by atoms with Gasteiger partial charge in [0.05, 0.1) is 0 Å². The topological polar surface area (TPSA) is 41.6 Å². The monoisotopic (exact) mass is 328 g/mol. The standard InChI is InChI=1S/C16H19F3N2O2/c1-10-9-20-6-7-21(10)15(22)13-8-12(13)11-4-2-3-5-14(11)23-16(17,18)19/h2-5,10,12-13,20H,6-9H2,1H3. The molecule has 7 heteroatoms. The average Bonchev–Trinajstić information content (AvgIpc) is 3.26. The number of rotatable bonds is 3. The molecule has 0 bridgehead atoms. The number of amides is 1. The lowest BCUT2D eigenvalue weighted by Crippen LogP contribution is -2.52. The first kappa shape index (κ1) is 16.1. The van der Waals surface area contributed by atoms with Crippen LogP contribution in [0.1, 0.15) is 24.8 Å². The lowest BCUT2D eigenvalue weighted by atomic mass is 10.1. The van der Waals surface area contributed by atoms with E-state index < -0.39 is 6.36 Å². The molecule has 0 radical (unpaired) electrons. The summed E-state index contributed by atoms with van der Waals surface area (Å²) < 4.78 is 41.6. The van der Waals surface area contributed by atoms with Crippen molar-refractivity contribution in [2.45, 2.75) is 31.7 Å². The first-order valence-corrected chi connectivity index (χ1v) is 7.72. The molecule has 2 aliphatic rings. The van der Waals surface area contributed by atoms with Gasteiger partial charge in [-0.2, -0.15) is 0 Å². The van der Waals surface area contributed by atoms with Gasteiger partial charge in [0.15, 0.2) is 0 Å². The van der Waals surface area contributed by atoms with Crippen LogP contribution in [0.5, 0.6) is 5.75 Å². The van der Waals surface area contributed by atoms with Crippen molar-refractivity contribution in [3.8, 4) is 5.75 Å². The number of nitrogens with one attached hydrogen (secondary N) is 1. The maximum absolute atomic E-state index is 12.6. The van der Waals surface area contributed by atoms with E-state index in [4.69, 9.17) is 0 Å². The lowest BCUT2D eigenvalue weighted by molar-refractivity contribution is -0.274. The Morgan fingerprint density at radius 1 is 1.35 bits per heavy atom. The molecule has 0 spiro atoms. The van der Waals surface area contributed by atoms with Crippen molar-refractivity contribution in [3.05, 3.63) is 29.8 Å². The van der Waals surface area contributed by atoms with E-state index >= 15 is 0 Å². The molecule has 3 unspecified atom stereocenters. The number of ether oxygens (including phenoxy) is 1. The van der Waals surface area contributed by atoms with Crippen LogP contribution in [0.2, 0.25) is 0 Å². The molecule has 1 aliphatic carbocycles. The smallest absolute Gasteiger partial charge is 0.405 e. The van der Waals surface area contributed by atoms with E-state index in [0.717, 1.165) is 13.1 Å². The molecular weight excluding hydrogens is 309 g/mol. The molecule has 1 heterocycles. The third-order valence-corrected chi connectivity index (χ3v) is 4.44. The SMILES string of the molecule is CC1CNCCN1C(=O)C1CC1c1ccccc1OC(F)(F)F. The Hall–Kier alpha value is -1.76. The molecule has 4 nitrogen and oxygen atoms in total. The molecule has 1 amide bonds. The molecule has 1 aromatic rings. The van der Waals surface area contributed by atoms with E-state index in [9.17, 15) is 18.0 Å². The third-order valence-electron chi connectivity index (χ3n) is 4.44. The summed E-state index contributed by atoms with van der Waals surface area (Å²) in [6, 6.07) is 6.20. The molecular formula is C16H19F3N2O2. The number of para-hydroxylation sites is 1. The molecule has 2 fully saturated rings. The Labute approximate surface area is 132 Å². The second kappa shape index (κ2) is 6.03. The van der Waals surface area contributed by atoms with Gasteiger partial charge in [0.1, 0.15) is 5.75 Å². The zero-order valence-electron chi connectivity index (χ0n) is 12.8. The van der Waals surface area contributed by atoms with Gasteiger partial charge < -0.3 is 15.0 Å². The molecule has 126 valence electrons. The van der Waals surface area contributed by atoms with Crippen LogP contribution in [-0.4, -0.2) is 42.8 Å².